The lowest BCUT2D eigenvalue weighted by atomic mass is 9.86. The molecule has 3 nitrogen and oxygen atoms in total. The maximum absolute atomic E-state index is 10.6. The number of hydrogen-bond acceptors (Lipinski definition) is 2. The second-order valence-corrected chi connectivity index (χ2v) is 4.48. The monoisotopic (exact) mass is 191 g/mol. The molecule has 1 aliphatic rings. The zero-order chi connectivity index (χ0) is 10.3. The molecule has 0 amide bonds. The van der Waals surface area contributed by atoms with Gasteiger partial charge in [-0.2, -0.15) is 0 Å². The van der Waals surface area contributed by atoms with Crippen LogP contribution >= 0.6 is 0 Å². The van der Waals surface area contributed by atoms with E-state index in [1.807, 2.05) is 6.07 Å². The third-order valence-electron chi connectivity index (χ3n) is 3.05. The maximum Gasteiger partial charge on any atom is 0.269 e. The van der Waals surface area contributed by atoms with Crippen molar-refractivity contribution in [2.75, 3.05) is 0 Å². The van der Waals surface area contributed by atoms with Crippen LogP contribution in [0.25, 0.3) is 0 Å². The van der Waals surface area contributed by atoms with Gasteiger partial charge < -0.3 is 0 Å². The third-order valence-corrected chi connectivity index (χ3v) is 3.05. The number of benzene rings is 1. The Kier molecular flexibility index (Phi) is 1.84. The molecule has 1 aromatic carbocycles. The van der Waals surface area contributed by atoms with Crippen molar-refractivity contribution in [2.24, 2.45) is 0 Å². The number of non-ortho nitro benzene ring substituents is 1. The summed E-state index contributed by atoms with van der Waals surface area (Å²) in [5.41, 5.74) is 2.72. The first-order valence-corrected chi connectivity index (χ1v) is 4.78. The predicted molar refractivity (Wildman–Crippen MR) is 54.4 cm³/mol. The van der Waals surface area contributed by atoms with Crippen LogP contribution in [0.15, 0.2) is 18.2 Å². The first kappa shape index (κ1) is 9.19. The molecule has 0 heterocycles. The summed E-state index contributed by atoms with van der Waals surface area (Å²) in [5.74, 6) is 0. The highest BCUT2D eigenvalue weighted by molar-refractivity contribution is 5.46. The summed E-state index contributed by atoms with van der Waals surface area (Å²) < 4.78 is 0. The number of nitrogens with zero attached hydrogens (tertiary/aromatic N) is 1. The molecule has 0 aromatic heterocycles. The normalized spacial score (nSPS) is 17.9. The van der Waals surface area contributed by atoms with Gasteiger partial charge in [-0.3, -0.25) is 10.1 Å². The molecule has 0 aliphatic heterocycles. The van der Waals surface area contributed by atoms with Crippen molar-refractivity contribution in [2.45, 2.75) is 32.1 Å². The number of nitro benzene ring substituents is 1. The Balaban J connectivity index is 2.53. The van der Waals surface area contributed by atoms with Gasteiger partial charge in [-0.25, -0.2) is 0 Å². The van der Waals surface area contributed by atoms with Crippen LogP contribution in [0, 0.1) is 10.1 Å². The van der Waals surface area contributed by atoms with Crippen molar-refractivity contribution < 1.29 is 4.92 Å². The fraction of sp³-hybridized carbons (Fsp3) is 0.455. The molecule has 0 unspecified atom stereocenters. The molecule has 74 valence electrons. The van der Waals surface area contributed by atoms with Gasteiger partial charge >= 0.3 is 0 Å². The van der Waals surface area contributed by atoms with Gasteiger partial charge in [-0.15, -0.1) is 0 Å². The van der Waals surface area contributed by atoms with Gasteiger partial charge in [0.25, 0.3) is 5.69 Å². The Labute approximate surface area is 82.9 Å². The number of aryl methyl sites for hydroxylation is 1. The van der Waals surface area contributed by atoms with Crippen LogP contribution < -0.4 is 0 Å². The van der Waals surface area contributed by atoms with Crippen LogP contribution in [0.5, 0.6) is 0 Å². The standard InChI is InChI=1S/C11H13NO2/c1-11(2)6-5-8-3-4-9(12(13)14)7-10(8)11/h3-4,7H,5-6H2,1-2H3. The first-order chi connectivity index (χ1) is 6.50. The molecule has 0 atom stereocenters. The number of rotatable bonds is 1. The highest BCUT2D eigenvalue weighted by atomic mass is 16.6. The fourth-order valence-electron chi connectivity index (χ4n) is 2.11. The van der Waals surface area contributed by atoms with Crippen molar-refractivity contribution >= 4 is 5.69 Å². The quantitative estimate of drug-likeness (QED) is 0.506. The smallest absolute Gasteiger partial charge is 0.258 e. The molecule has 0 bridgehead atoms. The molecule has 0 fully saturated rings. The van der Waals surface area contributed by atoms with Crippen molar-refractivity contribution in [1.82, 2.24) is 0 Å². The van der Waals surface area contributed by atoms with Crippen LogP contribution in [0.3, 0.4) is 0 Å². The minimum Gasteiger partial charge on any atom is -0.258 e. The SMILES string of the molecule is CC1(C)CCc2ccc([N+](=O)[O-])cc21. The number of nitro groups is 1. The Bertz CT molecular complexity index is 396. The van der Waals surface area contributed by atoms with E-state index < -0.39 is 0 Å². The lowest BCUT2D eigenvalue weighted by molar-refractivity contribution is -0.385. The number of hydrogen-bond donors (Lipinski definition) is 0. The van der Waals surface area contributed by atoms with Crippen molar-refractivity contribution in [3.8, 4) is 0 Å². The second kappa shape index (κ2) is 2.80. The van der Waals surface area contributed by atoms with Crippen LogP contribution in [0.1, 0.15) is 31.4 Å². The summed E-state index contributed by atoms with van der Waals surface area (Å²) in [5, 5.41) is 10.6. The van der Waals surface area contributed by atoms with Gasteiger partial charge in [0.15, 0.2) is 0 Å². The summed E-state index contributed by atoms with van der Waals surface area (Å²) in [6.07, 6.45) is 2.13. The molecule has 1 aromatic rings. The molecular weight excluding hydrogens is 178 g/mol. The van der Waals surface area contributed by atoms with E-state index in [0.717, 1.165) is 18.4 Å². The summed E-state index contributed by atoms with van der Waals surface area (Å²) >= 11 is 0. The van der Waals surface area contributed by atoms with Crippen LogP contribution in [0.2, 0.25) is 0 Å². The van der Waals surface area contributed by atoms with Crippen LogP contribution in [-0.2, 0) is 11.8 Å². The average Bonchev–Trinajstić information content (AvgIpc) is 2.42. The lowest BCUT2D eigenvalue weighted by Crippen LogP contribution is -2.11. The Hall–Kier alpha value is -1.38. The lowest BCUT2D eigenvalue weighted by Gasteiger charge is -2.18. The Morgan fingerprint density at radius 2 is 2.14 bits per heavy atom. The highest BCUT2D eigenvalue weighted by Crippen LogP contribution is 2.39. The van der Waals surface area contributed by atoms with Crippen molar-refractivity contribution in [3.05, 3.63) is 39.4 Å². The van der Waals surface area contributed by atoms with Crippen LogP contribution in [-0.4, -0.2) is 4.92 Å². The second-order valence-electron chi connectivity index (χ2n) is 4.48. The molecule has 14 heavy (non-hydrogen) atoms. The Morgan fingerprint density at radius 1 is 1.43 bits per heavy atom. The van der Waals surface area contributed by atoms with E-state index in [9.17, 15) is 10.1 Å². The van der Waals surface area contributed by atoms with E-state index in [0.29, 0.717) is 0 Å². The zero-order valence-electron chi connectivity index (χ0n) is 8.41. The molecule has 0 radical (unpaired) electrons. The van der Waals surface area contributed by atoms with Gasteiger partial charge in [0.05, 0.1) is 4.92 Å². The topological polar surface area (TPSA) is 43.1 Å². The van der Waals surface area contributed by atoms with Crippen LogP contribution in [0.4, 0.5) is 5.69 Å². The van der Waals surface area contributed by atoms with Gasteiger partial charge in [-0.05, 0) is 29.4 Å². The molecule has 0 saturated heterocycles. The summed E-state index contributed by atoms with van der Waals surface area (Å²) in [4.78, 5) is 10.3. The minimum absolute atomic E-state index is 0.0986. The van der Waals surface area contributed by atoms with Crippen molar-refractivity contribution in [3.63, 3.8) is 0 Å². The van der Waals surface area contributed by atoms with E-state index in [1.54, 1.807) is 12.1 Å². The van der Waals surface area contributed by atoms with Gasteiger partial charge in [-0.1, -0.05) is 19.9 Å². The molecule has 1 aliphatic carbocycles. The summed E-state index contributed by atoms with van der Waals surface area (Å²) in [6.45, 7) is 4.28. The largest absolute Gasteiger partial charge is 0.269 e. The summed E-state index contributed by atoms with van der Waals surface area (Å²) in [6, 6.07) is 5.21. The van der Waals surface area contributed by atoms with E-state index in [2.05, 4.69) is 13.8 Å². The van der Waals surface area contributed by atoms with E-state index in [1.165, 1.54) is 5.56 Å². The molecule has 0 saturated carbocycles. The van der Waals surface area contributed by atoms with E-state index in [4.69, 9.17) is 0 Å². The molecule has 0 N–H and O–H groups in total. The van der Waals surface area contributed by atoms with E-state index in [-0.39, 0.29) is 16.0 Å². The fourth-order valence-corrected chi connectivity index (χ4v) is 2.11. The first-order valence-electron chi connectivity index (χ1n) is 4.78. The molecule has 2 rings (SSSR count). The van der Waals surface area contributed by atoms with Crippen molar-refractivity contribution in [1.29, 1.82) is 0 Å². The Morgan fingerprint density at radius 3 is 2.79 bits per heavy atom. The average molecular weight is 191 g/mol. The third kappa shape index (κ3) is 1.29. The van der Waals surface area contributed by atoms with Gasteiger partial charge in [0.2, 0.25) is 0 Å². The van der Waals surface area contributed by atoms with Gasteiger partial charge in [0.1, 0.15) is 0 Å². The van der Waals surface area contributed by atoms with Gasteiger partial charge in [0, 0.05) is 12.1 Å². The zero-order valence-corrected chi connectivity index (χ0v) is 8.41. The summed E-state index contributed by atoms with van der Waals surface area (Å²) in [7, 11) is 0. The minimum atomic E-state index is -0.325. The van der Waals surface area contributed by atoms with E-state index >= 15 is 0 Å². The highest BCUT2D eigenvalue weighted by Gasteiger charge is 2.30. The molecule has 3 heteroatoms. The molecular formula is C11H13NO2. The maximum atomic E-state index is 10.6. The molecule has 0 spiro atoms. The predicted octanol–water partition coefficient (Wildman–Crippen LogP) is 2.82. The number of fused-ring (bicyclic) bond motifs is 1.